The monoisotopic (exact) mass is 402 g/mol. The van der Waals surface area contributed by atoms with E-state index in [0.717, 1.165) is 25.1 Å². The number of nitrogens with zero attached hydrogens (tertiary/aromatic N) is 2. The first-order chi connectivity index (χ1) is 9.56. The van der Waals surface area contributed by atoms with Gasteiger partial charge in [-0.25, -0.2) is 0 Å². The predicted octanol–water partition coefficient (Wildman–Crippen LogP) is 4.96. The maximum Gasteiger partial charge on any atom is 0.0671 e. The number of aromatic nitrogens is 2. The van der Waals surface area contributed by atoms with Gasteiger partial charge in [0.05, 0.1) is 17.6 Å². The van der Waals surface area contributed by atoms with Gasteiger partial charge >= 0.3 is 0 Å². The number of hydrogen-bond acceptors (Lipinski definition) is 1. The van der Waals surface area contributed by atoms with E-state index in [2.05, 4.69) is 65.4 Å². The number of benzene rings is 1. The molecule has 108 valence electrons. The third-order valence-corrected chi connectivity index (χ3v) is 4.43. The lowest BCUT2D eigenvalue weighted by atomic mass is 10.1. The van der Waals surface area contributed by atoms with E-state index in [1.54, 1.807) is 0 Å². The van der Waals surface area contributed by atoms with E-state index in [9.17, 15) is 0 Å². The summed E-state index contributed by atoms with van der Waals surface area (Å²) in [5, 5.41) is 4.79. The Bertz CT molecular complexity index is 573. The van der Waals surface area contributed by atoms with Gasteiger partial charge in [0.15, 0.2) is 0 Å². The minimum atomic E-state index is 0.0189. The molecule has 0 N–H and O–H groups in total. The van der Waals surface area contributed by atoms with Gasteiger partial charge in [0.2, 0.25) is 0 Å². The molecule has 0 aliphatic carbocycles. The molecule has 1 aromatic heterocycles. The standard InChI is InChI=1S/C16H20ClIN2/c1-4-14-16(11(3)17)15(5-2)20(19-14)10-12-6-8-13(18)9-7-12/h6-9,11H,4-5,10H2,1-3H3. The molecule has 0 bridgehead atoms. The molecule has 2 rings (SSSR count). The average molecular weight is 403 g/mol. The largest absolute Gasteiger partial charge is 0.265 e. The quantitative estimate of drug-likeness (QED) is 0.510. The summed E-state index contributed by atoms with van der Waals surface area (Å²) in [6, 6.07) is 8.60. The summed E-state index contributed by atoms with van der Waals surface area (Å²) >= 11 is 8.68. The summed E-state index contributed by atoms with van der Waals surface area (Å²) in [5.74, 6) is 0. The summed E-state index contributed by atoms with van der Waals surface area (Å²) in [5.41, 5.74) is 4.90. The first-order valence-electron chi connectivity index (χ1n) is 7.03. The van der Waals surface area contributed by atoms with Gasteiger partial charge in [0, 0.05) is 14.8 Å². The van der Waals surface area contributed by atoms with Gasteiger partial charge in [-0.05, 0) is 60.1 Å². The van der Waals surface area contributed by atoms with Crippen molar-refractivity contribution in [3.63, 3.8) is 0 Å². The highest BCUT2D eigenvalue weighted by molar-refractivity contribution is 14.1. The van der Waals surface area contributed by atoms with Crippen LogP contribution in [0.15, 0.2) is 24.3 Å². The Morgan fingerprint density at radius 1 is 1.20 bits per heavy atom. The van der Waals surface area contributed by atoms with E-state index in [1.807, 2.05) is 6.92 Å². The second kappa shape index (κ2) is 6.94. The van der Waals surface area contributed by atoms with Gasteiger partial charge in [-0.15, -0.1) is 11.6 Å². The second-order valence-corrected chi connectivity index (χ2v) is 6.81. The predicted molar refractivity (Wildman–Crippen MR) is 93.5 cm³/mol. The molecule has 0 amide bonds. The summed E-state index contributed by atoms with van der Waals surface area (Å²) in [7, 11) is 0. The molecule has 1 atom stereocenters. The molecule has 1 heterocycles. The molecule has 0 radical (unpaired) electrons. The zero-order chi connectivity index (χ0) is 14.7. The molecule has 2 nitrogen and oxygen atoms in total. The molecule has 1 unspecified atom stereocenters. The maximum absolute atomic E-state index is 6.35. The molecule has 0 aliphatic heterocycles. The van der Waals surface area contributed by atoms with E-state index < -0.39 is 0 Å². The highest BCUT2D eigenvalue weighted by atomic mass is 127. The zero-order valence-electron chi connectivity index (χ0n) is 12.2. The molecule has 2 aromatic rings. The van der Waals surface area contributed by atoms with E-state index in [1.165, 1.54) is 20.4 Å². The fourth-order valence-corrected chi connectivity index (χ4v) is 3.16. The molecule has 4 heteroatoms. The SMILES string of the molecule is CCc1nn(Cc2ccc(I)cc2)c(CC)c1C(C)Cl. The van der Waals surface area contributed by atoms with Crippen molar-refractivity contribution in [2.45, 2.75) is 45.5 Å². The molecule has 0 saturated carbocycles. The van der Waals surface area contributed by atoms with Crippen LogP contribution in [-0.4, -0.2) is 9.78 Å². The lowest BCUT2D eigenvalue weighted by Gasteiger charge is -2.09. The molecular weight excluding hydrogens is 383 g/mol. The molecule has 0 spiro atoms. The van der Waals surface area contributed by atoms with E-state index in [-0.39, 0.29) is 5.38 Å². The van der Waals surface area contributed by atoms with Gasteiger partial charge in [0.1, 0.15) is 0 Å². The Hall–Kier alpha value is -0.550. The highest BCUT2D eigenvalue weighted by Gasteiger charge is 2.19. The van der Waals surface area contributed by atoms with Crippen LogP contribution in [0.4, 0.5) is 0 Å². The normalized spacial score (nSPS) is 12.7. The summed E-state index contributed by atoms with van der Waals surface area (Å²) in [6.07, 6.45) is 1.89. The van der Waals surface area contributed by atoms with Gasteiger partial charge in [-0.3, -0.25) is 4.68 Å². The number of halogens is 2. The molecule has 1 aromatic carbocycles. The smallest absolute Gasteiger partial charge is 0.0671 e. The first-order valence-corrected chi connectivity index (χ1v) is 8.55. The van der Waals surface area contributed by atoms with Crippen LogP contribution in [0.2, 0.25) is 0 Å². The van der Waals surface area contributed by atoms with Gasteiger partial charge in [0.25, 0.3) is 0 Å². The van der Waals surface area contributed by atoms with Crippen molar-refractivity contribution in [3.05, 3.63) is 50.4 Å². The number of hydrogen-bond donors (Lipinski definition) is 0. The Morgan fingerprint density at radius 2 is 1.85 bits per heavy atom. The second-order valence-electron chi connectivity index (χ2n) is 4.91. The number of alkyl halides is 1. The van der Waals surface area contributed by atoms with Crippen LogP contribution in [0.3, 0.4) is 0 Å². The molecular formula is C16H20ClIN2. The van der Waals surface area contributed by atoms with Crippen LogP contribution in [0.5, 0.6) is 0 Å². The minimum absolute atomic E-state index is 0.0189. The Balaban J connectivity index is 2.38. The summed E-state index contributed by atoms with van der Waals surface area (Å²) < 4.78 is 3.38. The highest BCUT2D eigenvalue weighted by Crippen LogP contribution is 2.28. The fourth-order valence-electron chi connectivity index (χ4n) is 2.55. The third-order valence-electron chi connectivity index (χ3n) is 3.49. The van der Waals surface area contributed by atoms with E-state index in [4.69, 9.17) is 16.7 Å². The fraction of sp³-hybridized carbons (Fsp3) is 0.438. The van der Waals surface area contributed by atoms with Crippen LogP contribution in [0.25, 0.3) is 0 Å². The van der Waals surface area contributed by atoms with Crippen molar-refractivity contribution in [2.24, 2.45) is 0 Å². The van der Waals surface area contributed by atoms with E-state index >= 15 is 0 Å². The van der Waals surface area contributed by atoms with Crippen LogP contribution in [0, 0.1) is 3.57 Å². The maximum atomic E-state index is 6.35. The molecule has 0 saturated heterocycles. The summed E-state index contributed by atoms with van der Waals surface area (Å²) in [4.78, 5) is 0. The number of aryl methyl sites for hydroxylation is 1. The Kier molecular flexibility index (Phi) is 5.49. The van der Waals surface area contributed by atoms with Crippen LogP contribution >= 0.6 is 34.2 Å². The van der Waals surface area contributed by atoms with Crippen LogP contribution in [-0.2, 0) is 19.4 Å². The van der Waals surface area contributed by atoms with Crippen LogP contribution < -0.4 is 0 Å². The Morgan fingerprint density at radius 3 is 2.35 bits per heavy atom. The lowest BCUT2D eigenvalue weighted by molar-refractivity contribution is 0.639. The van der Waals surface area contributed by atoms with Crippen molar-refractivity contribution in [1.29, 1.82) is 0 Å². The number of rotatable bonds is 5. The minimum Gasteiger partial charge on any atom is -0.265 e. The van der Waals surface area contributed by atoms with Gasteiger partial charge < -0.3 is 0 Å². The zero-order valence-corrected chi connectivity index (χ0v) is 15.1. The van der Waals surface area contributed by atoms with Crippen molar-refractivity contribution in [3.8, 4) is 0 Å². The molecule has 0 aliphatic rings. The van der Waals surface area contributed by atoms with Crippen LogP contribution in [0.1, 0.15) is 48.7 Å². The van der Waals surface area contributed by atoms with Crippen molar-refractivity contribution in [1.82, 2.24) is 9.78 Å². The first kappa shape index (κ1) is 15.8. The van der Waals surface area contributed by atoms with Gasteiger partial charge in [-0.2, -0.15) is 5.10 Å². The lowest BCUT2D eigenvalue weighted by Crippen LogP contribution is -2.07. The van der Waals surface area contributed by atoms with Gasteiger partial charge in [-0.1, -0.05) is 26.0 Å². The Labute approximate surface area is 139 Å². The van der Waals surface area contributed by atoms with Crippen molar-refractivity contribution in [2.75, 3.05) is 0 Å². The van der Waals surface area contributed by atoms with E-state index in [0.29, 0.717) is 0 Å². The topological polar surface area (TPSA) is 17.8 Å². The van der Waals surface area contributed by atoms with Crippen molar-refractivity contribution < 1.29 is 0 Å². The molecule has 0 fully saturated rings. The summed E-state index contributed by atoms with van der Waals surface area (Å²) in [6.45, 7) is 7.16. The molecule has 20 heavy (non-hydrogen) atoms. The van der Waals surface area contributed by atoms with Crippen molar-refractivity contribution >= 4 is 34.2 Å². The third kappa shape index (κ3) is 3.37. The average Bonchev–Trinajstić information content (AvgIpc) is 2.79.